The molecule has 3 aliphatic rings. The molecular weight excluding hydrogens is 144 g/mol. The van der Waals surface area contributed by atoms with Gasteiger partial charge in [0, 0.05) is 6.61 Å². The zero-order chi connectivity index (χ0) is 8.11. The third kappa shape index (κ3) is 0.692. The Hall–Kier alpha value is -0.570. The first-order valence-corrected chi connectivity index (χ1v) is 4.00. The lowest BCUT2D eigenvalue weighted by molar-refractivity contribution is -0.280. The van der Waals surface area contributed by atoms with Gasteiger partial charge in [-0.25, -0.2) is 0 Å². The van der Waals surface area contributed by atoms with Gasteiger partial charge < -0.3 is 9.84 Å². The number of ether oxygens (including phenoxy) is 1. The van der Waals surface area contributed by atoms with E-state index in [-0.39, 0.29) is 11.0 Å². The summed E-state index contributed by atoms with van der Waals surface area (Å²) in [6.45, 7) is 2.66. The molecule has 0 aromatic heterocycles. The molecule has 62 valence electrons. The smallest absolute Gasteiger partial charge is 0.309 e. The molecule has 11 heavy (non-hydrogen) atoms. The molecule has 3 saturated carbocycles. The van der Waals surface area contributed by atoms with Crippen LogP contribution in [0, 0.1) is 5.41 Å². The maximum atomic E-state index is 10.6. The molecular formula is C8H12O3. The van der Waals surface area contributed by atoms with Crippen molar-refractivity contribution in [3.63, 3.8) is 0 Å². The molecule has 0 saturated heterocycles. The minimum absolute atomic E-state index is 0.0207. The average Bonchev–Trinajstić information content (AvgIpc) is 1.73. The largest absolute Gasteiger partial charge is 0.481 e. The molecule has 2 bridgehead atoms. The highest BCUT2D eigenvalue weighted by atomic mass is 16.5. The molecule has 0 aliphatic heterocycles. The normalized spacial score (nSPS) is 45.9. The van der Waals surface area contributed by atoms with Crippen LogP contribution >= 0.6 is 0 Å². The van der Waals surface area contributed by atoms with Crippen LogP contribution in [0.4, 0.5) is 0 Å². The average molecular weight is 156 g/mol. The summed E-state index contributed by atoms with van der Waals surface area (Å²) in [7, 11) is 0. The molecule has 3 heteroatoms. The van der Waals surface area contributed by atoms with Crippen LogP contribution in [0.25, 0.3) is 0 Å². The molecule has 0 amide bonds. The quantitative estimate of drug-likeness (QED) is 0.663. The van der Waals surface area contributed by atoms with Gasteiger partial charge in [0.15, 0.2) is 0 Å². The summed E-state index contributed by atoms with van der Waals surface area (Å²) < 4.78 is 5.44. The van der Waals surface area contributed by atoms with E-state index in [9.17, 15) is 4.79 Å². The second-order valence-electron chi connectivity index (χ2n) is 3.73. The van der Waals surface area contributed by atoms with Crippen LogP contribution in [0.15, 0.2) is 0 Å². The first-order chi connectivity index (χ1) is 5.13. The van der Waals surface area contributed by atoms with Gasteiger partial charge in [-0.15, -0.1) is 0 Å². The van der Waals surface area contributed by atoms with Gasteiger partial charge in [0.2, 0.25) is 0 Å². The van der Waals surface area contributed by atoms with E-state index in [0.29, 0.717) is 6.61 Å². The third-order valence-electron chi connectivity index (χ3n) is 2.89. The maximum absolute atomic E-state index is 10.6. The van der Waals surface area contributed by atoms with E-state index < -0.39 is 5.97 Å². The molecule has 0 spiro atoms. The van der Waals surface area contributed by atoms with E-state index in [1.54, 1.807) is 0 Å². The molecule has 0 heterocycles. The van der Waals surface area contributed by atoms with Gasteiger partial charge in [-0.3, -0.25) is 4.79 Å². The molecule has 0 aromatic rings. The summed E-state index contributed by atoms with van der Waals surface area (Å²) in [4.78, 5) is 10.6. The van der Waals surface area contributed by atoms with E-state index in [1.807, 2.05) is 6.92 Å². The minimum atomic E-state index is -0.640. The SMILES string of the molecule is CCOC12CC(C(=O)O)(C1)C2. The van der Waals surface area contributed by atoms with Crippen LogP contribution in [-0.2, 0) is 9.53 Å². The van der Waals surface area contributed by atoms with Crippen molar-refractivity contribution in [3.05, 3.63) is 0 Å². The Kier molecular flexibility index (Phi) is 1.15. The Labute approximate surface area is 65.4 Å². The Bertz CT molecular complexity index is 190. The van der Waals surface area contributed by atoms with Crippen molar-refractivity contribution < 1.29 is 14.6 Å². The van der Waals surface area contributed by atoms with E-state index in [2.05, 4.69) is 0 Å². The molecule has 0 aromatic carbocycles. The Morgan fingerprint density at radius 3 is 2.45 bits per heavy atom. The summed E-state index contributed by atoms with van der Waals surface area (Å²) in [5.74, 6) is -0.640. The number of aliphatic carboxylic acids is 1. The monoisotopic (exact) mass is 156 g/mol. The highest BCUT2D eigenvalue weighted by Crippen LogP contribution is 2.69. The molecule has 3 aliphatic carbocycles. The zero-order valence-electron chi connectivity index (χ0n) is 6.59. The van der Waals surface area contributed by atoms with Gasteiger partial charge in [-0.1, -0.05) is 0 Å². The number of hydrogen-bond acceptors (Lipinski definition) is 2. The summed E-state index contributed by atoms with van der Waals surface area (Å²) >= 11 is 0. The molecule has 3 rings (SSSR count). The Morgan fingerprint density at radius 2 is 2.09 bits per heavy atom. The molecule has 3 fully saturated rings. The van der Waals surface area contributed by atoms with E-state index in [0.717, 1.165) is 19.3 Å². The predicted molar refractivity (Wildman–Crippen MR) is 38.3 cm³/mol. The lowest BCUT2D eigenvalue weighted by Gasteiger charge is -2.67. The van der Waals surface area contributed by atoms with Crippen molar-refractivity contribution in [2.24, 2.45) is 5.41 Å². The van der Waals surface area contributed by atoms with Gasteiger partial charge in [0.25, 0.3) is 0 Å². The summed E-state index contributed by atoms with van der Waals surface area (Å²) in [5.41, 5.74) is -0.400. The van der Waals surface area contributed by atoms with Crippen LogP contribution in [0.3, 0.4) is 0 Å². The fourth-order valence-electron chi connectivity index (χ4n) is 2.38. The van der Waals surface area contributed by atoms with Gasteiger partial charge >= 0.3 is 5.97 Å². The van der Waals surface area contributed by atoms with Gasteiger partial charge in [0.1, 0.15) is 0 Å². The Balaban J connectivity index is 1.94. The van der Waals surface area contributed by atoms with Gasteiger partial charge in [-0.2, -0.15) is 0 Å². The second-order valence-corrected chi connectivity index (χ2v) is 3.73. The van der Waals surface area contributed by atoms with Gasteiger partial charge in [0.05, 0.1) is 11.0 Å². The van der Waals surface area contributed by atoms with E-state index in [4.69, 9.17) is 9.84 Å². The highest BCUT2D eigenvalue weighted by molar-refractivity contribution is 5.79. The second kappa shape index (κ2) is 1.78. The highest BCUT2D eigenvalue weighted by Gasteiger charge is 2.73. The molecule has 0 radical (unpaired) electrons. The van der Waals surface area contributed by atoms with Crippen LogP contribution < -0.4 is 0 Å². The van der Waals surface area contributed by atoms with Crippen molar-refractivity contribution in [2.75, 3.05) is 6.61 Å². The van der Waals surface area contributed by atoms with Crippen molar-refractivity contribution in [1.29, 1.82) is 0 Å². The number of rotatable bonds is 3. The molecule has 1 N–H and O–H groups in total. The van der Waals surface area contributed by atoms with E-state index >= 15 is 0 Å². The third-order valence-corrected chi connectivity index (χ3v) is 2.89. The van der Waals surface area contributed by atoms with Gasteiger partial charge in [-0.05, 0) is 26.2 Å². The summed E-state index contributed by atoms with van der Waals surface area (Å²) in [5, 5.41) is 8.76. The molecule has 3 nitrogen and oxygen atoms in total. The minimum Gasteiger partial charge on any atom is -0.481 e. The van der Waals surface area contributed by atoms with Crippen molar-refractivity contribution in [3.8, 4) is 0 Å². The zero-order valence-corrected chi connectivity index (χ0v) is 6.59. The maximum Gasteiger partial charge on any atom is 0.309 e. The standard InChI is InChI=1S/C8H12O3/c1-2-11-8-3-7(4-8,5-8)6(9)10/h2-5H2,1H3,(H,9,10). The van der Waals surface area contributed by atoms with Crippen LogP contribution in [0.5, 0.6) is 0 Å². The summed E-state index contributed by atoms with van der Waals surface area (Å²) in [6, 6.07) is 0. The van der Waals surface area contributed by atoms with Crippen molar-refractivity contribution in [2.45, 2.75) is 31.8 Å². The molecule has 0 atom stereocenters. The number of carbonyl (C=O) groups is 1. The first-order valence-electron chi connectivity index (χ1n) is 4.00. The lowest BCUT2D eigenvalue weighted by Crippen LogP contribution is -2.71. The number of carboxylic acids is 1. The number of carboxylic acid groups (broad SMARTS) is 1. The fraction of sp³-hybridized carbons (Fsp3) is 0.875. The fourth-order valence-corrected chi connectivity index (χ4v) is 2.38. The number of hydrogen-bond donors (Lipinski definition) is 1. The topological polar surface area (TPSA) is 46.5 Å². The summed E-state index contributed by atoms with van der Waals surface area (Å²) in [6.07, 6.45) is 2.22. The van der Waals surface area contributed by atoms with Crippen molar-refractivity contribution in [1.82, 2.24) is 0 Å². The van der Waals surface area contributed by atoms with E-state index in [1.165, 1.54) is 0 Å². The lowest BCUT2D eigenvalue weighted by atomic mass is 9.41. The Morgan fingerprint density at radius 1 is 1.55 bits per heavy atom. The van der Waals surface area contributed by atoms with Crippen LogP contribution in [-0.4, -0.2) is 23.3 Å². The van der Waals surface area contributed by atoms with Crippen LogP contribution in [0.2, 0.25) is 0 Å². The van der Waals surface area contributed by atoms with Crippen LogP contribution in [0.1, 0.15) is 26.2 Å². The first kappa shape index (κ1) is 7.10. The van der Waals surface area contributed by atoms with Crippen molar-refractivity contribution >= 4 is 5.97 Å². The molecule has 0 unspecified atom stereocenters. The predicted octanol–water partition coefficient (Wildman–Crippen LogP) is 1.03.